The molecule has 1 saturated heterocycles. The van der Waals surface area contributed by atoms with E-state index in [0.29, 0.717) is 17.0 Å². The Kier molecular flexibility index (Phi) is 5.20. The minimum atomic E-state index is -0.190. The number of amides is 1. The molecule has 1 aliphatic rings. The fourth-order valence-corrected chi connectivity index (χ4v) is 2.74. The lowest BCUT2D eigenvalue weighted by atomic mass is 10.0. The van der Waals surface area contributed by atoms with Gasteiger partial charge in [-0.05, 0) is 30.9 Å². The Morgan fingerprint density at radius 1 is 1.45 bits per heavy atom. The normalized spacial score (nSPS) is 17.7. The van der Waals surface area contributed by atoms with Gasteiger partial charge in [0.05, 0.1) is 5.56 Å². The van der Waals surface area contributed by atoms with Crippen molar-refractivity contribution in [3.63, 3.8) is 0 Å². The van der Waals surface area contributed by atoms with Gasteiger partial charge in [0, 0.05) is 18.7 Å². The zero-order chi connectivity index (χ0) is 14.4. The SMILES string of the molecule is CCCC1CCN(C(=O)c2ccccc2C#CCO)C1. The van der Waals surface area contributed by atoms with E-state index in [0.717, 1.165) is 19.5 Å². The van der Waals surface area contributed by atoms with Gasteiger partial charge in [0.1, 0.15) is 6.61 Å². The lowest BCUT2D eigenvalue weighted by molar-refractivity contribution is 0.0786. The zero-order valence-corrected chi connectivity index (χ0v) is 11.9. The van der Waals surface area contributed by atoms with Crippen LogP contribution in [0, 0.1) is 17.8 Å². The number of rotatable bonds is 3. The van der Waals surface area contributed by atoms with Crippen LogP contribution in [0.1, 0.15) is 42.1 Å². The molecule has 0 radical (unpaired) electrons. The highest BCUT2D eigenvalue weighted by atomic mass is 16.2. The standard InChI is InChI=1S/C17H21NO2/c1-2-6-14-10-11-18(13-14)17(20)16-9-4-3-7-15(16)8-5-12-19/h3-4,7,9,14,19H,2,6,10-13H2,1H3. The average molecular weight is 271 g/mol. The van der Waals surface area contributed by atoms with E-state index in [1.165, 1.54) is 12.8 Å². The lowest BCUT2D eigenvalue weighted by Crippen LogP contribution is -2.29. The molecule has 1 atom stereocenters. The summed E-state index contributed by atoms with van der Waals surface area (Å²) in [5.74, 6) is 6.17. The van der Waals surface area contributed by atoms with Gasteiger partial charge < -0.3 is 10.0 Å². The minimum absolute atomic E-state index is 0.0615. The van der Waals surface area contributed by atoms with E-state index in [-0.39, 0.29) is 12.5 Å². The molecule has 2 rings (SSSR count). The van der Waals surface area contributed by atoms with Crippen LogP contribution in [0.4, 0.5) is 0 Å². The first-order valence-electron chi connectivity index (χ1n) is 7.24. The predicted molar refractivity (Wildman–Crippen MR) is 79.3 cm³/mol. The molecule has 1 N–H and O–H groups in total. The highest BCUT2D eigenvalue weighted by Gasteiger charge is 2.27. The quantitative estimate of drug-likeness (QED) is 0.857. The summed E-state index contributed by atoms with van der Waals surface area (Å²) in [4.78, 5) is 14.5. The Morgan fingerprint density at radius 3 is 3.00 bits per heavy atom. The third kappa shape index (κ3) is 3.40. The Labute approximate surface area is 120 Å². The van der Waals surface area contributed by atoms with Crippen molar-refractivity contribution in [2.75, 3.05) is 19.7 Å². The molecule has 106 valence electrons. The number of nitrogens with zero attached hydrogens (tertiary/aromatic N) is 1. The molecule has 3 nitrogen and oxygen atoms in total. The summed E-state index contributed by atoms with van der Waals surface area (Å²) in [6, 6.07) is 7.37. The zero-order valence-electron chi connectivity index (χ0n) is 11.9. The molecule has 0 bridgehead atoms. The molecule has 0 aromatic heterocycles. The number of benzene rings is 1. The second kappa shape index (κ2) is 7.12. The summed E-state index contributed by atoms with van der Waals surface area (Å²) in [6.07, 6.45) is 3.46. The maximum Gasteiger partial charge on any atom is 0.255 e. The first kappa shape index (κ1) is 14.6. The smallest absolute Gasteiger partial charge is 0.255 e. The average Bonchev–Trinajstić information content (AvgIpc) is 2.94. The van der Waals surface area contributed by atoms with Gasteiger partial charge in [-0.25, -0.2) is 0 Å². The number of carbonyl (C=O) groups is 1. The fraction of sp³-hybridized carbons (Fsp3) is 0.471. The van der Waals surface area contributed by atoms with E-state index in [1.807, 2.05) is 29.2 Å². The first-order chi connectivity index (χ1) is 9.76. The van der Waals surface area contributed by atoms with Crippen LogP contribution in [-0.2, 0) is 0 Å². The number of aliphatic hydroxyl groups is 1. The second-order valence-corrected chi connectivity index (χ2v) is 5.20. The van der Waals surface area contributed by atoms with Crippen molar-refractivity contribution in [1.82, 2.24) is 4.90 Å². The van der Waals surface area contributed by atoms with Crippen LogP contribution in [0.5, 0.6) is 0 Å². The molecule has 0 saturated carbocycles. The molecule has 1 amide bonds. The number of aliphatic hydroxyl groups excluding tert-OH is 1. The van der Waals surface area contributed by atoms with Crippen molar-refractivity contribution >= 4 is 5.91 Å². The summed E-state index contributed by atoms with van der Waals surface area (Å²) in [5, 5.41) is 8.79. The number of hydrogen-bond acceptors (Lipinski definition) is 2. The van der Waals surface area contributed by atoms with Crippen molar-refractivity contribution in [2.45, 2.75) is 26.2 Å². The van der Waals surface area contributed by atoms with Crippen molar-refractivity contribution in [3.8, 4) is 11.8 Å². The summed E-state index contributed by atoms with van der Waals surface area (Å²) in [6.45, 7) is 3.69. The largest absolute Gasteiger partial charge is 0.384 e. The maximum atomic E-state index is 12.6. The summed E-state index contributed by atoms with van der Waals surface area (Å²) >= 11 is 0. The van der Waals surface area contributed by atoms with Crippen molar-refractivity contribution in [1.29, 1.82) is 0 Å². The molecule has 0 spiro atoms. The van der Waals surface area contributed by atoms with Crippen molar-refractivity contribution in [2.24, 2.45) is 5.92 Å². The summed E-state index contributed by atoms with van der Waals surface area (Å²) in [5.41, 5.74) is 1.34. The van der Waals surface area contributed by atoms with E-state index in [4.69, 9.17) is 5.11 Å². The molecule has 1 aromatic rings. The Hall–Kier alpha value is -1.79. The topological polar surface area (TPSA) is 40.5 Å². The molecular weight excluding hydrogens is 250 g/mol. The van der Waals surface area contributed by atoms with E-state index in [1.54, 1.807) is 0 Å². The van der Waals surface area contributed by atoms with Crippen LogP contribution >= 0.6 is 0 Å². The molecule has 1 unspecified atom stereocenters. The Morgan fingerprint density at radius 2 is 2.25 bits per heavy atom. The van der Waals surface area contributed by atoms with Crippen molar-refractivity contribution in [3.05, 3.63) is 35.4 Å². The van der Waals surface area contributed by atoms with Gasteiger partial charge >= 0.3 is 0 Å². The maximum absolute atomic E-state index is 12.6. The monoisotopic (exact) mass is 271 g/mol. The predicted octanol–water partition coefficient (Wildman–Crippen LogP) is 2.29. The number of hydrogen-bond donors (Lipinski definition) is 1. The van der Waals surface area contributed by atoms with E-state index in [2.05, 4.69) is 18.8 Å². The molecular formula is C17H21NO2. The van der Waals surface area contributed by atoms with Crippen LogP contribution in [0.25, 0.3) is 0 Å². The molecule has 1 fully saturated rings. The van der Waals surface area contributed by atoms with E-state index in [9.17, 15) is 4.79 Å². The van der Waals surface area contributed by atoms with Crippen LogP contribution in [0.3, 0.4) is 0 Å². The van der Waals surface area contributed by atoms with Gasteiger partial charge in [-0.2, -0.15) is 0 Å². The third-order valence-corrected chi connectivity index (χ3v) is 3.73. The highest BCUT2D eigenvalue weighted by molar-refractivity contribution is 5.96. The molecule has 1 aromatic carbocycles. The fourth-order valence-electron chi connectivity index (χ4n) is 2.74. The van der Waals surface area contributed by atoms with Gasteiger partial charge in [-0.3, -0.25) is 4.79 Å². The van der Waals surface area contributed by atoms with E-state index < -0.39 is 0 Å². The van der Waals surface area contributed by atoms with Crippen molar-refractivity contribution < 1.29 is 9.90 Å². The lowest BCUT2D eigenvalue weighted by Gasteiger charge is -2.17. The molecule has 1 heterocycles. The van der Waals surface area contributed by atoms with Gasteiger partial charge in [0.2, 0.25) is 0 Å². The number of likely N-dealkylation sites (tertiary alicyclic amines) is 1. The third-order valence-electron chi connectivity index (χ3n) is 3.73. The molecule has 1 aliphatic heterocycles. The molecule has 3 heteroatoms. The van der Waals surface area contributed by atoms with Gasteiger partial charge in [-0.1, -0.05) is 37.3 Å². The minimum Gasteiger partial charge on any atom is -0.384 e. The van der Waals surface area contributed by atoms with Crippen LogP contribution in [0.15, 0.2) is 24.3 Å². The first-order valence-corrected chi connectivity index (χ1v) is 7.24. The highest BCUT2D eigenvalue weighted by Crippen LogP contribution is 2.23. The van der Waals surface area contributed by atoms with Crippen LogP contribution < -0.4 is 0 Å². The Bertz CT molecular complexity index is 527. The number of carbonyl (C=O) groups excluding carboxylic acids is 1. The van der Waals surface area contributed by atoms with Gasteiger partial charge in [0.15, 0.2) is 0 Å². The molecule has 20 heavy (non-hydrogen) atoms. The Balaban J connectivity index is 2.14. The van der Waals surface area contributed by atoms with Crippen LogP contribution in [-0.4, -0.2) is 35.6 Å². The van der Waals surface area contributed by atoms with Gasteiger partial charge in [0.25, 0.3) is 5.91 Å². The summed E-state index contributed by atoms with van der Waals surface area (Å²) < 4.78 is 0. The van der Waals surface area contributed by atoms with E-state index >= 15 is 0 Å². The van der Waals surface area contributed by atoms with Crippen LogP contribution in [0.2, 0.25) is 0 Å². The van der Waals surface area contributed by atoms with Gasteiger partial charge in [-0.15, -0.1) is 0 Å². The molecule has 0 aliphatic carbocycles. The second-order valence-electron chi connectivity index (χ2n) is 5.20. The summed E-state index contributed by atoms with van der Waals surface area (Å²) in [7, 11) is 0.